The van der Waals surface area contributed by atoms with Gasteiger partial charge in [0.25, 0.3) is 0 Å². The molecule has 2 aromatic heterocycles. The van der Waals surface area contributed by atoms with Crippen LogP contribution in [0.15, 0.2) is 24.9 Å². The summed E-state index contributed by atoms with van der Waals surface area (Å²) in [5.74, 6) is -0.413. The molecule has 146 valence electrons. The lowest BCUT2D eigenvalue weighted by molar-refractivity contribution is -0.0334. The van der Waals surface area contributed by atoms with Crippen molar-refractivity contribution in [3.63, 3.8) is 0 Å². The molecule has 0 aliphatic carbocycles. The molecule has 27 heavy (non-hydrogen) atoms. The van der Waals surface area contributed by atoms with Crippen molar-refractivity contribution in [3.8, 4) is 0 Å². The maximum atomic E-state index is 12.0. The first-order valence-electron chi connectivity index (χ1n) is 9.52. The number of aryl methyl sites for hydroxylation is 1. The molecule has 0 N–H and O–H groups in total. The predicted octanol–water partition coefficient (Wildman–Crippen LogP) is 3.55. The Morgan fingerprint density at radius 2 is 2.11 bits per heavy atom. The van der Waals surface area contributed by atoms with Crippen LogP contribution in [0.3, 0.4) is 0 Å². The van der Waals surface area contributed by atoms with E-state index in [1.165, 1.54) is 23.9 Å². The zero-order chi connectivity index (χ0) is 19.6. The smallest absolute Gasteiger partial charge is 0.358 e. The van der Waals surface area contributed by atoms with Gasteiger partial charge in [0.15, 0.2) is 5.69 Å². The van der Waals surface area contributed by atoms with E-state index >= 15 is 0 Å². The highest BCUT2D eigenvalue weighted by Crippen LogP contribution is 2.35. The Balaban J connectivity index is 1.99. The summed E-state index contributed by atoms with van der Waals surface area (Å²) in [7, 11) is 1.38. The molecule has 1 saturated heterocycles. The number of hydrogen-bond donors (Lipinski definition) is 0. The number of hydrogen-bond acceptors (Lipinski definition) is 5. The van der Waals surface area contributed by atoms with Crippen LogP contribution in [-0.4, -0.2) is 48.0 Å². The molecular formula is C21H29N3O3. The number of rotatable bonds is 6. The van der Waals surface area contributed by atoms with Gasteiger partial charge in [-0.3, -0.25) is 0 Å². The number of ether oxygens (including phenoxy) is 2. The van der Waals surface area contributed by atoms with E-state index < -0.39 is 5.97 Å². The molecule has 0 atom stereocenters. The average molecular weight is 371 g/mol. The van der Waals surface area contributed by atoms with E-state index in [1.54, 1.807) is 10.6 Å². The van der Waals surface area contributed by atoms with E-state index in [4.69, 9.17) is 9.47 Å². The van der Waals surface area contributed by atoms with Crippen molar-refractivity contribution in [2.45, 2.75) is 45.6 Å². The van der Waals surface area contributed by atoms with Crippen LogP contribution in [0.1, 0.15) is 48.3 Å². The Bertz CT molecular complexity index is 848. The van der Waals surface area contributed by atoms with Gasteiger partial charge in [0, 0.05) is 25.4 Å². The van der Waals surface area contributed by atoms with Gasteiger partial charge < -0.3 is 14.4 Å². The standard InChI is InChI=1S/C21H29N3O3/c1-6-12-27-21(4)8-10-23(11-9-21)19-16(7-2)15(3)14-24-18(19)13-17(22-24)20(25)26-5/h6,13-14H,1,7-12H2,2-5H3. The molecule has 0 amide bonds. The summed E-state index contributed by atoms with van der Waals surface area (Å²) in [5.41, 5.74) is 4.82. The van der Waals surface area contributed by atoms with E-state index in [9.17, 15) is 4.79 Å². The molecule has 3 heterocycles. The fraction of sp³-hybridized carbons (Fsp3) is 0.524. The van der Waals surface area contributed by atoms with Crippen LogP contribution in [0.4, 0.5) is 5.69 Å². The molecule has 0 spiro atoms. The highest BCUT2D eigenvalue weighted by atomic mass is 16.5. The Kier molecular flexibility index (Phi) is 5.56. The van der Waals surface area contributed by atoms with Gasteiger partial charge in [-0.15, -0.1) is 6.58 Å². The molecule has 0 radical (unpaired) electrons. The van der Waals surface area contributed by atoms with Crippen LogP contribution < -0.4 is 4.90 Å². The molecule has 0 unspecified atom stereocenters. The summed E-state index contributed by atoms with van der Waals surface area (Å²) in [6.07, 6.45) is 6.62. The summed E-state index contributed by atoms with van der Waals surface area (Å²) in [4.78, 5) is 14.4. The second kappa shape index (κ2) is 7.72. The fourth-order valence-electron chi connectivity index (χ4n) is 3.88. The van der Waals surface area contributed by atoms with E-state index in [0.717, 1.165) is 37.9 Å². The third kappa shape index (κ3) is 3.72. The van der Waals surface area contributed by atoms with Gasteiger partial charge in [-0.25, -0.2) is 9.31 Å². The summed E-state index contributed by atoms with van der Waals surface area (Å²) < 4.78 is 12.7. The van der Waals surface area contributed by atoms with Crippen molar-refractivity contribution >= 4 is 17.2 Å². The molecule has 1 aliphatic heterocycles. The number of carbonyl (C=O) groups is 1. The number of carbonyl (C=O) groups excluding carboxylic acids is 1. The van der Waals surface area contributed by atoms with Gasteiger partial charge in [0.2, 0.25) is 0 Å². The Morgan fingerprint density at radius 1 is 1.41 bits per heavy atom. The van der Waals surface area contributed by atoms with Gasteiger partial charge in [0.05, 0.1) is 30.5 Å². The van der Waals surface area contributed by atoms with Crippen molar-refractivity contribution in [1.29, 1.82) is 0 Å². The third-order valence-corrected chi connectivity index (χ3v) is 5.49. The van der Waals surface area contributed by atoms with Crippen molar-refractivity contribution in [2.75, 3.05) is 31.7 Å². The first-order valence-corrected chi connectivity index (χ1v) is 9.52. The molecule has 3 rings (SSSR count). The van der Waals surface area contributed by atoms with Crippen LogP contribution in [0.25, 0.3) is 5.52 Å². The van der Waals surface area contributed by atoms with Gasteiger partial charge >= 0.3 is 5.97 Å². The Morgan fingerprint density at radius 3 is 2.70 bits per heavy atom. The highest BCUT2D eigenvalue weighted by molar-refractivity contribution is 5.91. The second-order valence-corrected chi connectivity index (χ2v) is 7.38. The zero-order valence-corrected chi connectivity index (χ0v) is 16.7. The monoisotopic (exact) mass is 371 g/mol. The summed E-state index contributed by atoms with van der Waals surface area (Å²) in [6, 6.07) is 1.84. The van der Waals surface area contributed by atoms with Gasteiger partial charge in [-0.2, -0.15) is 5.10 Å². The molecule has 0 aromatic carbocycles. The summed E-state index contributed by atoms with van der Waals surface area (Å²) in [5, 5.41) is 4.42. The Hall–Kier alpha value is -2.34. The summed E-state index contributed by atoms with van der Waals surface area (Å²) in [6.45, 7) is 12.6. The number of methoxy groups -OCH3 is 1. The SMILES string of the molecule is C=CCOC1(C)CCN(c2c(CC)c(C)cn3nc(C(=O)OC)cc23)CC1. The number of nitrogens with zero attached hydrogens (tertiary/aromatic N) is 3. The first kappa shape index (κ1) is 19.4. The predicted molar refractivity (Wildman–Crippen MR) is 107 cm³/mol. The molecule has 0 bridgehead atoms. The number of pyridine rings is 1. The van der Waals surface area contributed by atoms with E-state index in [0.29, 0.717) is 12.3 Å². The fourth-order valence-corrected chi connectivity index (χ4v) is 3.88. The molecule has 6 heteroatoms. The lowest BCUT2D eigenvalue weighted by Gasteiger charge is -2.41. The maximum absolute atomic E-state index is 12.0. The van der Waals surface area contributed by atoms with Crippen molar-refractivity contribution in [1.82, 2.24) is 9.61 Å². The molecule has 6 nitrogen and oxygen atoms in total. The number of fused-ring (bicyclic) bond motifs is 1. The summed E-state index contributed by atoms with van der Waals surface area (Å²) >= 11 is 0. The third-order valence-electron chi connectivity index (χ3n) is 5.49. The second-order valence-electron chi connectivity index (χ2n) is 7.38. The first-order chi connectivity index (χ1) is 12.9. The topological polar surface area (TPSA) is 56.1 Å². The number of esters is 1. The minimum Gasteiger partial charge on any atom is -0.464 e. The van der Waals surface area contributed by atoms with Crippen molar-refractivity contribution in [2.24, 2.45) is 0 Å². The quantitative estimate of drug-likeness (QED) is 0.574. The molecule has 1 fully saturated rings. The zero-order valence-electron chi connectivity index (χ0n) is 16.7. The van der Waals surface area contributed by atoms with Gasteiger partial charge in [-0.05, 0) is 44.2 Å². The van der Waals surface area contributed by atoms with E-state index in [1.807, 2.05) is 12.3 Å². The number of aromatic nitrogens is 2. The molecule has 1 aliphatic rings. The van der Waals surface area contributed by atoms with Crippen molar-refractivity contribution < 1.29 is 14.3 Å². The lowest BCUT2D eigenvalue weighted by Crippen LogP contribution is -2.44. The van der Waals surface area contributed by atoms with Crippen molar-refractivity contribution in [3.05, 3.63) is 41.7 Å². The minimum atomic E-state index is -0.413. The van der Waals surface area contributed by atoms with E-state index in [2.05, 4.69) is 37.3 Å². The minimum absolute atomic E-state index is 0.116. The van der Waals surface area contributed by atoms with E-state index in [-0.39, 0.29) is 5.60 Å². The van der Waals surface area contributed by atoms with Gasteiger partial charge in [0.1, 0.15) is 0 Å². The number of anilines is 1. The lowest BCUT2D eigenvalue weighted by atomic mass is 9.92. The highest BCUT2D eigenvalue weighted by Gasteiger charge is 2.32. The normalized spacial score (nSPS) is 16.5. The van der Waals surface area contributed by atoms with Crippen LogP contribution in [0, 0.1) is 6.92 Å². The number of piperidine rings is 1. The van der Waals surface area contributed by atoms with Crippen LogP contribution in [0.5, 0.6) is 0 Å². The largest absolute Gasteiger partial charge is 0.464 e. The Labute approximate surface area is 160 Å². The average Bonchev–Trinajstić information content (AvgIpc) is 3.09. The van der Waals surface area contributed by atoms with Crippen LogP contribution in [0.2, 0.25) is 0 Å². The maximum Gasteiger partial charge on any atom is 0.358 e. The van der Waals surface area contributed by atoms with Crippen LogP contribution >= 0.6 is 0 Å². The molecular weight excluding hydrogens is 342 g/mol. The molecule has 0 saturated carbocycles. The van der Waals surface area contributed by atoms with Crippen LogP contribution in [-0.2, 0) is 15.9 Å². The van der Waals surface area contributed by atoms with Gasteiger partial charge in [-0.1, -0.05) is 13.0 Å². The molecule has 2 aromatic rings.